The van der Waals surface area contributed by atoms with E-state index in [1.807, 2.05) is 23.0 Å². The van der Waals surface area contributed by atoms with Gasteiger partial charge in [-0.15, -0.1) is 0 Å². The molecule has 120 valence electrons. The van der Waals surface area contributed by atoms with Crippen LogP contribution in [0.5, 0.6) is 0 Å². The van der Waals surface area contributed by atoms with Crippen LogP contribution in [0.4, 0.5) is 0 Å². The van der Waals surface area contributed by atoms with Gasteiger partial charge in [0.05, 0.1) is 6.04 Å². The van der Waals surface area contributed by atoms with Crippen LogP contribution in [0.3, 0.4) is 0 Å². The second-order valence-electron chi connectivity index (χ2n) is 6.01. The molecule has 0 spiro atoms. The average Bonchev–Trinajstić information content (AvgIpc) is 2.96. The summed E-state index contributed by atoms with van der Waals surface area (Å²) in [7, 11) is 0. The van der Waals surface area contributed by atoms with Crippen molar-refractivity contribution in [1.82, 2.24) is 20.3 Å². The van der Waals surface area contributed by atoms with Crippen LogP contribution in [-0.4, -0.2) is 21.5 Å². The van der Waals surface area contributed by atoms with E-state index in [1.165, 1.54) is 25.7 Å². The standard InChI is InChI=1S/C18H28N4/c1-4-5-6-10-13-19-14-17-18(16-11-8-7-9-12-16)21-22(20-17)15(2)3/h7-9,11-12,15,19H,4-6,10,13-14H2,1-3H3. The first-order valence-corrected chi connectivity index (χ1v) is 8.44. The third-order valence-electron chi connectivity index (χ3n) is 3.71. The normalized spacial score (nSPS) is 11.3. The summed E-state index contributed by atoms with van der Waals surface area (Å²) in [4.78, 5) is 1.82. The maximum atomic E-state index is 4.67. The Balaban J connectivity index is 2.02. The van der Waals surface area contributed by atoms with Crippen molar-refractivity contribution in [3.8, 4) is 11.3 Å². The summed E-state index contributed by atoms with van der Waals surface area (Å²) in [5.41, 5.74) is 3.17. The van der Waals surface area contributed by atoms with E-state index in [0.29, 0.717) is 0 Å². The Morgan fingerprint density at radius 3 is 2.50 bits per heavy atom. The summed E-state index contributed by atoms with van der Waals surface area (Å²) < 4.78 is 0. The number of aromatic nitrogens is 3. The summed E-state index contributed by atoms with van der Waals surface area (Å²) in [6.45, 7) is 8.28. The molecule has 0 aliphatic carbocycles. The molecule has 1 heterocycles. The van der Waals surface area contributed by atoms with Crippen LogP contribution in [0.15, 0.2) is 30.3 Å². The van der Waals surface area contributed by atoms with Gasteiger partial charge in [0.2, 0.25) is 0 Å². The Hall–Kier alpha value is -1.68. The van der Waals surface area contributed by atoms with E-state index in [0.717, 1.165) is 30.0 Å². The molecule has 0 bridgehead atoms. The Morgan fingerprint density at radius 2 is 1.82 bits per heavy atom. The SMILES string of the molecule is CCCCCCNCc1nn(C(C)C)nc1-c1ccccc1. The van der Waals surface area contributed by atoms with Crippen LogP contribution in [0, 0.1) is 0 Å². The van der Waals surface area contributed by atoms with Crippen LogP contribution in [0.25, 0.3) is 11.3 Å². The molecule has 0 fully saturated rings. The van der Waals surface area contributed by atoms with E-state index in [2.05, 4.69) is 48.4 Å². The Labute approximate surface area is 133 Å². The molecular formula is C18H28N4. The molecule has 2 aromatic rings. The summed E-state index contributed by atoms with van der Waals surface area (Å²) >= 11 is 0. The average molecular weight is 300 g/mol. The molecule has 4 nitrogen and oxygen atoms in total. The molecular weight excluding hydrogens is 272 g/mol. The van der Waals surface area contributed by atoms with Gasteiger partial charge in [-0.1, -0.05) is 56.5 Å². The number of unbranched alkanes of at least 4 members (excludes halogenated alkanes) is 3. The molecule has 22 heavy (non-hydrogen) atoms. The van der Waals surface area contributed by atoms with E-state index < -0.39 is 0 Å². The summed E-state index contributed by atoms with van der Waals surface area (Å²) in [5.74, 6) is 0. The van der Waals surface area contributed by atoms with E-state index in [9.17, 15) is 0 Å². The topological polar surface area (TPSA) is 42.7 Å². The fourth-order valence-electron chi connectivity index (χ4n) is 2.41. The second-order valence-corrected chi connectivity index (χ2v) is 6.01. The largest absolute Gasteiger partial charge is 0.311 e. The number of rotatable bonds is 9. The number of nitrogens with zero attached hydrogens (tertiary/aromatic N) is 3. The predicted octanol–water partition coefficient (Wildman–Crippen LogP) is 4.20. The van der Waals surface area contributed by atoms with Gasteiger partial charge >= 0.3 is 0 Å². The first-order chi connectivity index (χ1) is 10.7. The highest BCUT2D eigenvalue weighted by Gasteiger charge is 2.13. The molecule has 1 aromatic heterocycles. The molecule has 0 amide bonds. The highest BCUT2D eigenvalue weighted by molar-refractivity contribution is 5.60. The van der Waals surface area contributed by atoms with E-state index in [-0.39, 0.29) is 6.04 Å². The van der Waals surface area contributed by atoms with Crippen molar-refractivity contribution in [1.29, 1.82) is 0 Å². The fraction of sp³-hybridized carbons (Fsp3) is 0.556. The minimum Gasteiger partial charge on any atom is -0.311 e. The monoisotopic (exact) mass is 300 g/mol. The molecule has 0 atom stereocenters. The van der Waals surface area contributed by atoms with Crippen molar-refractivity contribution in [2.24, 2.45) is 0 Å². The zero-order chi connectivity index (χ0) is 15.8. The Morgan fingerprint density at radius 1 is 1.05 bits per heavy atom. The Kier molecular flexibility index (Phi) is 6.59. The molecule has 2 rings (SSSR count). The van der Waals surface area contributed by atoms with E-state index in [4.69, 9.17) is 0 Å². The van der Waals surface area contributed by atoms with Crippen molar-refractivity contribution in [2.45, 2.75) is 59.0 Å². The van der Waals surface area contributed by atoms with Gasteiger partial charge < -0.3 is 5.32 Å². The smallest absolute Gasteiger partial charge is 0.117 e. The van der Waals surface area contributed by atoms with Crippen molar-refractivity contribution in [3.05, 3.63) is 36.0 Å². The van der Waals surface area contributed by atoms with Crippen LogP contribution in [-0.2, 0) is 6.54 Å². The highest BCUT2D eigenvalue weighted by Crippen LogP contribution is 2.21. The fourth-order valence-corrected chi connectivity index (χ4v) is 2.41. The maximum Gasteiger partial charge on any atom is 0.117 e. The number of benzene rings is 1. The van der Waals surface area contributed by atoms with E-state index in [1.54, 1.807) is 0 Å². The van der Waals surface area contributed by atoms with Gasteiger partial charge in [0.1, 0.15) is 11.4 Å². The molecule has 0 radical (unpaired) electrons. The quantitative estimate of drug-likeness (QED) is 0.706. The maximum absolute atomic E-state index is 4.67. The summed E-state index contributed by atoms with van der Waals surface area (Å²) in [6.07, 6.45) is 5.13. The van der Waals surface area contributed by atoms with Gasteiger partial charge in [-0.05, 0) is 26.8 Å². The first-order valence-electron chi connectivity index (χ1n) is 8.44. The van der Waals surface area contributed by atoms with Crippen LogP contribution < -0.4 is 5.32 Å². The van der Waals surface area contributed by atoms with E-state index >= 15 is 0 Å². The molecule has 0 saturated carbocycles. The molecule has 0 saturated heterocycles. The lowest BCUT2D eigenvalue weighted by Crippen LogP contribution is -2.16. The Bertz CT molecular complexity index is 545. The minimum absolute atomic E-state index is 0.278. The summed E-state index contributed by atoms with van der Waals surface area (Å²) in [6, 6.07) is 10.6. The van der Waals surface area contributed by atoms with Crippen LogP contribution in [0.2, 0.25) is 0 Å². The zero-order valence-electron chi connectivity index (χ0n) is 14.0. The number of hydrogen-bond acceptors (Lipinski definition) is 3. The highest BCUT2D eigenvalue weighted by atomic mass is 15.5. The van der Waals surface area contributed by atoms with Crippen molar-refractivity contribution in [2.75, 3.05) is 6.54 Å². The second kappa shape index (κ2) is 8.69. The van der Waals surface area contributed by atoms with Gasteiger partial charge in [0.15, 0.2) is 0 Å². The molecule has 0 aliphatic heterocycles. The lowest BCUT2D eigenvalue weighted by molar-refractivity contribution is 0.461. The van der Waals surface area contributed by atoms with Gasteiger partial charge in [-0.3, -0.25) is 0 Å². The third kappa shape index (κ3) is 4.67. The molecule has 1 N–H and O–H groups in total. The van der Waals surface area contributed by atoms with Crippen molar-refractivity contribution >= 4 is 0 Å². The lowest BCUT2D eigenvalue weighted by Gasteiger charge is -2.04. The van der Waals surface area contributed by atoms with Gasteiger partial charge in [-0.25, -0.2) is 0 Å². The van der Waals surface area contributed by atoms with Crippen molar-refractivity contribution < 1.29 is 0 Å². The minimum atomic E-state index is 0.278. The predicted molar refractivity (Wildman–Crippen MR) is 91.7 cm³/mol. The third-order valence-corrected chi connectivity index (χ3v) is 3.71. The zero-order valence-corrected chi connectivity index (χ0v) is 14.0. The van der Waals surface area contributed by atoms with Gasteiger partial charge in [-0.2, -0.15) is 15.0 Å². The van der Waals surface area contributed by atoms with Gasteiger partial charge in [0, 0.05) is 12.1 Å². The number of nitrogens with one attached hydrogen (secondary N) is 1. The molecule has 0 aliphatic rings. The molecule has 4 heteroatoms. The van der Waals surface area contributed by atoms with Crippen LogP contribution in [0.1, 0.15) is 58.2 Å². The number of hydrogen-bond donors (Lipinski definition) is 1. The lowest BCUT2D eigenvalue weighted by atomic mass is 10.1. The summed E-state index contributed by atoms with van der Waals surface area (Å²) in [5, 5.41) is 12.8. The molecule has 0 unspecified atom stereocenters. The van der Waals surface area contributed by atoms with Crippen molar-refractivity contribution in [3.63, 3.8) is 0 Å². The molecule has 1 aromatic carbocycles. The van der Waals surface area contributed by atoms with Gasteiger partial charge in [0.25, 0.3) is 0 Å². The first kappa shape index (κ1) is 16.7. The van der Waals surface area contributed by atoms with Crippen LogP contribution >= 0.6 is 0 Å².